The van der Waals surface area contributed by atoms with E-state index >= 15 is 0 Å². The molecule has 0 unspecified atom stereocenters. The molecule has 0 aromatic heterocycles. The first kappa shape index (κ1) is 19.0. The Labute approximate surface area is 160 Å². The SMILES string of the molecule is CC(C)(C)Oc1ccc(C[C@@H]2NC(=O)CN(Cc3ccccc3)C2=O)cc1. The molecule has 3 rings (SSSR count). The Morgan fingerprint density at radius 1 is 1.00 bits per heavy atom. The van der Waals surface area contributed by atoms with E-state index in [1.165, 1.54) is 0 Å². The summed E-state index contributed by atoms with van der Waals surface area (Å²) in [6, 6.07) is 16.9. The number of carbonyl (C=O) groups excluding carboxylic acids is 2. The van der Waals surface area contributed by atoms with Crippen LogP contribution >= 0.6 is 0 Å². The fraction of sp³-hybridized carbons (Fsp3) is 0.364. The van der Waals surface area contributed by atoms with Crippen LogP contribution in [0.2, 0.25) is 0 Å². The van der Waals surface area contributed by atoms with Gasteiger partial charge in [0.15, 0.2) is 0 Å². The lowest BCUT2D eigenvalue weighted by atomic mass is 10.0. The fourth-order valence-corrected chi connectivity index (χ4v) is 3.13. The highest BCUT2D eigenvalue weighted by Gasteiger charge is 2.32. The van der Waals surface area contributed by atoms with Gasteiger partial charge in [-0.1, -0.05) is 42.5 Å². The molecule has 1 atom stereocenters. The van der Waals surface area contributed by atoms with Gasteiger partial charge in [0.1, 0.15) is 17.4 Å². The van der Waals surface area contributed by atoms with Crippen LogP contribution in [0.1, 0.15) is 31.9 Å². The second-order valence-corrected chi connectivity index (χ2v) is 7.86. The van der Waals surface area contributed by atoms with Crippen molar-refractivity contribution in [3.63, 3.8) is 0 Å². The molecule has 2 amide bonds. The highest BCUT2D eigenvalue weighted by Crippen LogP contribution is 2.20. The Balaban J connectivity index is 1.66. The third-order valence-corrected chi connectivity index (χ3v) is 4.28. The highest BCUT2D eigenvalue weighted by atomic mass is 16.5. The zero-order chi connectivity index (χ0) is 19.4. The number of ether oxygens (including phenoxy) is 1. The number of amides is 2. The van der Waals surface area contributed by atoms with Crippen LogP contribution in [0.4, 0.5) is 0 Å². The lowest BCUT2D eigenvalue weighted by Gasteiger charge is -2.32. The van der Waals surface area contributed by atoms with Crippen molar-refractivity contribution in [2.24, 2.45) is 0 Å². The number of hydrogen-bond donors (Lipinski definition) is 1. The van der Waals surface area contributed by atoms with Gasteiger partial charge in [-0.2, -0.15) is 0 Å². The van der Waals surface area contributed by atoms with E-state index in [2.05, 4.69) is 5.32 Å². The smallest absolute Gasteiger partial charge is 0.246 e. The van der Waals surface area contributed by atoms with Gasteiger partial charge < -0.3 is 15.0 Å². The van der Waals surface area contributed by atoms with E-state index in [0.29, 0.717) is 13.0 Å². The molecule has 1 aliphatic heterocycles. The van der Waals surface area contributed by atoms with Gasteiger partial charge in [-0.25, -0.2) is 0 Å². The number of hydrogen-bond acceptors (Lipinski definition) is 3. The lowest BCUT2D eigenvalue weighted by molar-refractivity contribution is -0.144. The summed E-state index contributed by atoms with van der Waals surface area (Å²) in [5.41, 5.74) is 1.74. The van der Waals surface area contributed by atoms with E-state index in [0.717, 1.165) is 16.9 Å². The third kappa shape index (κ3) is 5.33. The van der Waals surface area contributed by atoms with Crippen molar-refractivity contribution in [3.8, 4) is 5.75 Å². The van der Waals surface area contributed by atoms with Crippen LogP contribution in [0.15, 0.2) is 54.6 Å². The van der Waals surface area contributed by atoms with E-state index in [9.17, 15) is 9.59 Å². The minimum absolute atomic E-state index is 0.0477. The molecule has 0 radical (unpaired) electrons. The Kier molecular flexibility index (Phi) is 5.49. The maximum atomic E-state index is 12.8. The van der Waals surface area contributed by atoms with E-state index in [-0.39, 0.29) is 24.0 Å². The van der Waals surface area contributed by atoms with Crippen molar-refractivity contribution in [1.82, 2.24) is 10.2 Å². The number of nitrogens with one attached hydrogen (secondary N) is 1. The first-order chi connectivity index (χ1) is 12.8. The van der Waals surface area contributed by atoms with Crippen LogP contribution in [0.25, 0.3) is 0 Å². The second-order valence-electron chi connectivity index (χ2n) is 7.86. The topological polar surface area (TPSA) is 58.6 Å². The van der Waals surface area contributed by atoms with Gasteiger partial charge in [0.25, 0.3) is 0 Å². The third-order valence-electron chi connectivity index (χ3n) is 4.28. The molecule has 1 aliphatic rings. The average molecular weight is 366 g/mol. The lowest BCUT2D eigenvalue weighted by Crippen LogP contribution is -2.58. The number of benzene rings is 2. The first-order valence-corrected chi connectivity index (χ1v) is 9.20. The molecular formula is C22H26N2O3. The average Bonchev–Trinajstić information content (AvgIpc) is 2.60. The fourth-order valence-electron chi connectivity index (χ4n) is 3.13. The molecule has 0 aliphatic carbocycles. The van der Waals surface area contributed by atoms with Crippen molar-refractivity contribution >= 4 is 11.8 Å². The van der Waals surface area contributed by atoms with Crippen molar-refractivity contribution < 1.29 is 14.3 Å². The van der Waals surface area contributed by atoms with Crippen LogP contribution in [0, 0.1) is 0 Å². The van der Waals surface area contributed by atoms with Crippen LogP contribution in [-0.2, 0) is 22.6 Å². The molecule has 1 heterocycles. The number of nitrogens with zero attached hydrogens (tertiary/aromatic N) is 1. The van der Waals surface area contributed by atoms with Crippen molar-refractivity contribution in [3.05, 3.63) is 65.7 Å². The number of piperazine rings is 1. The largest absolute Gasteiger partial charge is 0.488 e. The van der Waals surface area contributed by atoms with E-state index in [1.807, 2.05) is 75.4 Å². The van der Waals surface area contributed by atoms with E-state index < -0.39 is 6.04 Å². The minimum Gasteiger partial charge on any atom is -0.488 e. The molecule has 0 spiro atoms. The summed E-state index contributed by atoms with van der Waals surface area (Å²) in [6.45, 7) is 6.54. The maximum absolute atomic E-state index is 12.8. The molecule has 2 aromatic carbocycles. The number of carbonyl (C=O) groups is 2. The summed E-state index contributed by atoms with van der Waals surface area (Å²) < 4.78 is 5.82. The van der Waals surface area contributed by atoms with Gasteiger partial charge in [0.05, 0.1) is 6.54 Å². The Bertz CT molecular complexity index is 795. The minimum atomic E-state index is -0.538. The van der Waals surface area contributed by atoms with Crippen LogP contribution in [0.3, 0.4) is 0 Å². The quantitative estimate of drug-likeness (QED) is 0.885. The van der Waals surface area contributed by atoms with Crippen molar-refractivity contribution in [2.45, 2.75) is 45.4 Å². The number of rotatable bonds is 5. The van der Waals surface area contributed by atoms with Crippen LogP contribution in [0.5, 0.6) is 5.75 Å². The summed E-state index contributed by atoms with van der Waals surface area (Å²) in [5, 5.41) is 2.82. The van der Waals surface area contributed by atoms with Crippen LogP contribution in [-0.4, -0.2) is 34.9 Å². The Morgan fingerprint density at radius 2 is 1.67 bits per heavy atom. The zero-order valence-corrected chi connectivity index (χ0v) is 16.1. The highest BCUT2D eigenvalue weighted by molar-refractivity contribution is 5.95. The van der Waals surface area contributed by atoms with Crippen LogP contribution < -0.4 is 10.1 Å². The second kappa shape index (κ2) is 7.82. The van der Waals surface area contributed by atoms with Gasteiger partial charge in [-0.05, 0) is 44.0 Å². The van der Waals surface area contributed by atoms with Crippen molar-refractivity contribution in [2.75, 3.05) is 6.54 Å². The van der Waals surface area contributed by atoms with Crippen molar-refractivity contribution in [1.29, 1.82) is 0 Å². The monoisotopic (exact) mass is 366 g/mol. The summed E-state index contributed by atoms with van der Waals surface area (Å²) in [7, 11) is 0. The molecule has 5 nitrogen and oxygen atoms in total. The molecule has 27 heavy (non-hydrogen) atoms. The molecule has 0 bridgehead atoms. The summed E-state index contributed by atoms with van der Waals surface area (Å²) in [5.74, 6) is 0.618. The molecule has 1 fully saturated rings. The molecule has 5 heteroatoms. The van der Waals surface area contributed by atoms with Gasteiger partial charge in [0, 0.05) is 13.0 Å². The molecular weight excluding hydrogens is 340 g/mol. The van der Waals surface area contributed by atoms with Gasteiger partial charge in [0.2, 0.25) is 11.8 Å². The zero-order valence-electron chi connectivity index (χ0n) is 16.1. The van der Waals surface area contributed by atoms with E-state index in [1.54, 1.807) is 4.90 Å². The molecule has 1 saturated heterocycles. The Hall–Kier alpha value is -2.82. The standard InChI is InChI=1S/C22H26N2O3/c1-22(2,3)27-18-11-9-16(10-12-18)13-19-21(26)24(15-20(25)23-19)14-17-7-5-4-6-8-17/h4-12,19H,13-15H2,1-3H3,(H,23,25)/t19-/m0/s1. The summed E-state index contributed by atoms with van der Waals surface area (Å²) in [6.07, 6.45) is 0.464. The molecule has 2 aromatic rings. The predicted molar refractivity (Wildman–Crippen MR) is 104 cm³/mol. The Morgan fingerprint density at radius 3 is 2.30 bits per heavy atom. The normalized spacial score (nSPS) is 17.6. The van der Waals surface area contributed by atoms with E-state index in [4.69, 9.17) is 4.74 Å². The molecule has 0 saturated carbocycles. The first-order valence-electron chi connectivity index (χ1n) is 9.20. The molecule has 1 N–H and O–H groups in total. The maximum Gasteiger partial charge on any atom is 0.246 e. The van der Waals surface area contributed by atoms with Gasteiger partial charge in [-0.3, -0.25) is 9.59 Å². The van der Waals surface area contributed by atoms with Gasteiger partial charge in [-0.15, -0.1) is 0 Å². The summed E-state index contributed by atoms with van der Waals surface area (Å²) >= 11 is 0. The summed E-state index contributed by atoms with van der Waals surface area (Å²) in [4.78, 5) is 26.5. The molecule has 142 valence electrons. The predicted octanol–water partition coefficient (Wildman–Crippen LogP) is 2.93. The van der Waals surface area contributed by atoms with Gasteiger partial charge >= 0.3 is 0 Å².